The molecule has 3 heterocycles. The van der Waals surface area contributed by atoms with Crippen molar-refractivity contribution < 1.29 is 4.79 Å². The number of benzene rings is 2. The number of fused-ring (bicyclic) bond motifs is 1. The Kier molecular flexibility index (Phi) is 5.05. The Morgan fingerprint density at radius 3 is 2.19 bits per heavy atom. The van der Waals surface area contributed by atoms with E-state index in [4.69, 9.17) is 5.10 Å². The highest BCUT2D eigenvalue weighted by Gasteiger charge is 2.38. The zero-order valence-electron chi connectivity index (χ0n) is 18.5. The zero-order chi connectivity index (χ0) is 22.2. The summed E-state index contributed by atoms with van der Waals surface area (Å²) in [5.41, 5.74) is 5.87. The van der Waals surface area contributed by atoms with Crippen LogP contribution in [0.15, 0.2) is 66.7 Å². The molecule has 0 bridgehead atoms. The maximum Gasteiger partial charge on any atom is 0.252 e. The maximum atomic E-state index is 13.5. The molecule has 2 aromatic heterocycles. The minimum atomic E-state index is -0.0506. The molecule has 0 aliphatic carbocycles. The molecular weight excluding hydrogens is 398 g/mol. The van der Waals surface area contributed by atoms with Gasteiger partial charge in [0.15, 0.2) is 0 Å². The molecule has 0 saturated heterocycles. The number of hydrogen-bond donors (Lipinski definition) is 0. The quantitative estimate of drug-likeness (QED) is 0.479. The normalized spacial score (nSPS) is 15.7. The van der Waals surface area contributed by atoms with Crippen molar-refractivity contribution >= 4 is 11.7 Å². The molecule has 0 fully saturated rings. The molecule has 160 valence electrons. The van der Waals surface area contributed by atoms with Gasteiger partial charge in [0.05, 0.1) is 12.2 Å². The highest BCUT2D eigenvalue weighted by Crippen LogP contribution is 2.43. The van der Waals surface area contributed by atoms with Crippen LogP contribution in [0.4, 0.5) is 5.82 Å². The molecule has 4 aromatic rings. The highest BCUT2D eigenvalue weighted by atomic mass is 16.2. The number of carbonyl (C=O) groups is 1. The van der Waals surface area contributed by atoms with Gasteiger partial charge < -0.3 is 0 Å². The first-order valence-electron chi connectivity index (χ1n) is 10.8. The lowest BCUT2D eigenvalue weighted by Crippen LogP contribution is -2.38. The third-order valence-corrected chi connectivity index (χ3v) is 5.91. The van der Waals surface area contributed by atoms with Crippen LogP contribution in [-0.4, -0.2) is 25.7 Å². The van der Waals surface area contributed by atoms with E-state index in [1.165, 1.54) is 0 Å². The van der Waals surface area contributed by atoms with Crippen molar-refractivity contribution in [3.05, 3.63) is 101 Å². The van der Waals surface area contributed by atoms with Crippen LogP contribution in [0.2, 0.25) is 0 Å². The predicted octanol–water partition coefficient (Wildman–Crippen LogP) is 4.66. The van der Waals surface area contributed by atoms with Gasteiger partial charge in [0, 0.05) is 29.3 Å². The summed E-state index contributed by atoms with van der Waals surface area (Å²) >= 11 is 0. The fourth-order valence-corrected chi connectivity index (χ4v) is 4.54. The molecule has 2 aromatic carbocycles. The molecule has 0 saturated carbocycles. The smallest absolute Gasteiger partial charge is 0.252 e. The largest absolute Gasteiger partial charge is 0.292 e. The monoisotopic (exact) mass is 423 g/mol. The number of nitrogens with zero attached hydrogens (tertiary/aromatic N) is 5. The average Bonchev–Trinajstić information content (AvgIpc) is 3.13. The summed E-state index contributed by atoms with van der Waals surface area (Å²) in [5, 5.41) is 4.84. The van der Waals surface area contributed by atoms with Gasteiger partial charge in [-0.2, -0.15) is 9.78 Å². The second-order valence-electron chi connectivity index (χ2n) is 8.32. The SMILES string of the molecule is Cc1cc(C)nc(-n2nc(C)c3c2N(Cc2ccccc2)C(=O)C[C@H]3c2ccccc2)n1. The lowest BCUT2D eigenvalue weighted by Gasteiger charge is -2.33. The molecule has 1 atom stereocenters. The number of aryl methyl sites for hydroxylation is 3. The van der Waals surface area contributed by atoms with Gasteiger partial charge in [-0.3, -0.25) is 9.69 Å². The van der Waals surface area contributed by atoms with Gasteiger partial charge in [0.25, 0.3) is 5.95 Å². The van der Waals surface area contributed by atoms with Crippen molar-refractivity contribution in [3.63, 3.8) is 0 Å². The van der Waals surface area contributed by atoms with Crippen molar-refractivity contribution in [2.24, 2.45) is 0 Å². The summed E-state index contributed by atoms with van der Waals surface area (Å²) in [4.78, 5) is 24.6. The molecular formula is C26H25N5O. The second kappa shape index (κ2) is 8.04. The molecule has 0 unspecified atom stereocenters. The summed E-state index contributed by atoms with van der Waals surface area (Å²) in [5.74, 6) is 1.28. The van der Waals surface area contributed by atoms with E-state index in [0.29, 0.717) is 18.9 Å². The number of hydrogen-bond acceptors (Lipinski definition) is 4. The number of amides is 1. The maximum absolute atomic E-state index is 13.5. The predicted molar refractivity (Wildman–Crippen MR) is 124 cm³/mol. The molecule has 0 N–H and O–H groups in total. The van der Waals surface area contributed by atoms with Crippen LogP contribution >= 0.6 is 0 Å². The van der Waals surface area contributed by atoms with Crippen LogP contribution in [0.5, 0.6) is 0 Å². The summed E-state index contributed by atoms with van der Waals surface area (Å²) in [6, 6.07) is 22.2. The van der Waals surface area contributed by atoms with Gasteiger partial charge in [-0.05, 0) is 38.0 Å². The van der Waals surface area contributed by atoms with E-state index in [-0.39, 0.29) is 11.8 Å². The van der Waals surface area contributed by atoms with E-state index >= 15 is 0 Å². The molecule has 5 rings (SSSR count). The Morgan fingerprint density at radius 2 is 1.53 bits per heavy atom. The first-order chi connectivity index (χ1) is 15.5. The van der Waals surface area contributed by atoms with Crippen molar-refractivity contribution in [2.45, 2.75) is 39.7 Å². The van der Waals surface area contributed by atoms with Crippen LogP contribution in [0.1, 0.15) is 46.1 Å². The Morgan fingerprint density at radius 1 is 0.906 bits per heavy atom. The topological polar surface area (TPSA) is 63.9 Å². The molecule has 1 amide bonds. The minimum absolute atomic E-state index is 0.0506. The van der Waals surface area contributed by atoms with Gasteiger partial charge in [-0.1, -0.05) is 60.7 Å². The fraction of sp³-hybridized carbons (Fsp3) is 0.231. The fourth-order valence-electron chi connectivity index (χ4n) is 4.54. The van der Waals surface area contributed by atoms with Crippen molar-refractivity contribution in [2.75, 3.05) is 4.90 Å². The van der Waals surface area contributed by atoms with Crippen molar-refractivity contribution in [1.82, 2.24) is 19.7 Å². The zero-order valence-corrected chi connectivity index (χ0v) is 18.5. The standard InChI is InChI=1S/C26H25N5O/c1-17-14-18(2)28-26(27-17)31-25-24(19(3)29-31)22(21-12-8-5-9-13-21)15-23(32)30(25)16-20-10-6-4-7-11-20/h4-14,22H,15-16H2,1-3H3/t22-/m0/s1. The summed E-state index contributed by atoms with van der Waals surface area (Å²) in [6.07, 6.45) is 0.407. The van der Waals surface area contributed by atoms with E-state index in [1.54, 1.807) is 4.68 Å². The summed E-state index contributed by atoms with van der Waals surface area (Å²) in [7, 11) is 0. The lowest BCUT2D eigenvalue weighted by molar-refractivity contribution is -0.119. The van der Waals surface area contributed by atoms with Crippen LogP contribution in [-0.2, 0) is 11.3 Å². The van der Waals surface area contributed by atoms with E-state index in [0.717, 1.165) is 39.6 Å². The second-order valence-corrected chi connectivity index (χ2v) is 8.32. The van der Waals surface area contributed by atoms with Gasteiger partial charge in [0.2, 0.25) is 5.91 Å². The lowest BCUT2D eigenvalue weighted by atomic mass is 9.85. The number of anilines is 1. The number of carbonyl (C=O) groups excluding carboxylic acids is 1. The summed E-state index contributed by atoms with van der Waals surface area (Å²) in [6.45, 7) is 6.37. The first kappa shape index (κ1) is 20.1. The number of rotatable bonds is 4. The van der Waals surface area contributed by atoms with Crippen LogP contribution in [0.25, 0.3) is 5.95 Å². The van der Waals surface area contributed by atoms with Gasteiger partial charge in [0.1, 0.15) is 5.82 Å². The Hall–Kier alpha value is -3.80. The van der Waals surface area contributed by atoms with Crippen molar-refractivity contribution in [3.8, 4) is 5.95 Å². The minimum Gasteiger partial charge on any atom is -0.292 e. The van der Waals surface area contributed by atoms with Crippen molar-refractivity contribution in [1.29, 1.82) is 0 Å². The average molecular weight is 424 g/mol. The molecule has 1 aliphatic rings. The number of aromatic nitrogens is 4. The van der Waals surface area contributed by atoms with E-state index in [2.05, 4.69) is 22.1 Å². The highest BCUT2D eigenvalue weighted by molar-refractivity contribution is 5.97. The third-order valence-electron chi connectivity index (χ3n) is 5.91. The van der Waals surface area contributed by atoms with Crippen LogP contribution < -0.4 is 4.90 Å². The van der Waals surface area contributed by atoms with Gasteiger partial charge in [-0.25, -0.2) is 9.97 Å². The Labute approximate surface area is 187 Å². The van der Waals surface area contributed by atoms with Crippen LogP contribution in [0, 0.1) is 20.8 Å². The van der Waals surface area contributed by atoms with Gasteiger partial charge >= 0.3 is 0 Å². The van der Waals surface area contributed by atoms with Crippen LogP contribution in [0.3, 0.4) is 0 Å². The summed E-state index contributed by atoms with van der Waals surface area (Å²) < 4.78 is 1.75. The molecule has 32 heavy (non-hydrogen) atoms. The Bertz CT molecular complexity index is 1260. The first-order valence-corrected chi connectivity index (χ1v) is 10.8. The molecule has 6 nitrogen and oxygen atoms in total. The van der Waals surface area contributed by atoms with E-state index in [9.17, 15) is 4.79 Å². The van der Waals surface area contributed by atoms with E-state index < -0.39 is 0 Å². The third kappa shape index (κ3) is 3.58. The van der Waals surface area contributed by atoms with Gasteiger partial charge in [-0.15, -0.1) is 0 Å². The molecule has 6 heteroatoms. The van der Waals surface area contributed by atoms with E-state index in [1.807, 2.05) is 80.3 Å². The molecule has 0 spiro atoms. The Balaban J connectivity index is 1.72. The molecule has 1 aliphatic heterocycles. The molecule has 0 radical (unpaired) electrons.